The second kappa shape index (κ2) is 10.6. The van der Waals surface area contributed by atoms with Crippen LogP contribution < -0.4 is 10.2 Å². The van der Waals surface area contributed by atoms with E-state index in [-0.39, 0.29) is 17.9 Å². The first-order valence-corrected chi connectivity index (χ1v) is 11.7. The Hall–Kier alpha value is -2.86. The first-order valence-electron chi connectivity index (χ1n) is 11.7. The van der Waals surface area contributed by atoms with E-state index < -0.39 is 0 Å². The van der Waals surface area contributed by atoms with E-state index in [4.69, 9.17) is 4.74 Å². The van der Waals surface area contributed by atoms with Crippen LogP contribution in [0.4, 0.5) is 11.4 Å². The number of methoxy groups -OCH3 is 1. The zero-order valence-corrected chi connectivity index (χ0v) is 18.8. The Morgan fingerprint density at radius 1 is 0.969 bits per heavy atom. The molecule has 1 amide bonds. The highest BCUT2D eigenvalue weighted by Gasteiger charge is 2.37. The zero-order chi connectivity index (χ0) is 22.3. The summed E-state index contributed by atoms with van der Waals surface area (Å²) in [7, 11) is 1.48. The largest absolute Gasteiger partial charge is 0.468 e. The number of amides is 1. The topological polar surface area (TPSA) is 61.9 Å². The van der Waals surface area contributed by atoms with E-state index in [1.807, 2.05) is 42.5 Å². The maximum Gasteiger partial charge on any atom is 0.323 e. The van der Waals surface area contributed by atoms with Gasteiger partial charge in [0.2, 0.25) is 5.91 Å². The fourth-order valence-electron chi connectivity index (χ4n) is 4.95. The van der Waals surface area contributed by atoms with Crippen LogP contribution in [0.2, 0.25) is 0 Å². The van der Waals surface area contributed by atoms with Crippen molar-refractivity contribution >= 4 is 23.3 Å². The van der Waals surface area contributed by atoms with Gasteiger partial charge in [-0.3, -0.25) is 14.5 Å². The number of benzene rings is 2. The molecule has 2 fully saturated rings. The molecule has 0 aromatic heterocycles. The highest BCUT2D eigenvalue weighted by atomic mass is 16.5. The first kappa shape index (κ1) is 22.3. The van der Waals surface area contributed by atoms with Crippen LogP contribution in [0.5, 0.6) is 0 Å². The van der Waals surface area contributed by atoms with Crippen molar-refractivity contribution in [1.82, 2.24) is 4.90 Å². The Morgan fingerprint density at radius 2 is 1.69 bits per heavy atom. The maximum atomic E-state index is 12.3. The number of esters is 1. The molecule has 6 heteroatoms. The van der Waals surface area contributed by atoms with Gasteiger partial charge in [-0.1, -0.05) is 30.3 Å². The molecule has 1 N–H and O–H groups in total. The molecular formula is C26H33N3O3. The van der Waals surface area contributed by atoms with Crippen LogP contribution in [0.25, 0.3) is 0 Å². The monoisotopic (exact) mass is 435 g/mol. The summed E-state index contributed by atoms with van der Waals surface area (Å²) < 4.78 is 5.00. The Balaban J connectivity index is 1.25. The van der Waals surface area contributed by atoms with Crippen LogP contribution in [0.15, 0.2) is 54.6 Å². The van der Waals surface area contributed by atoms with Crippen molar-refractivity contribution in [3.63, 3.8) is 0 Å². The number of nitrogens with one attached hydrogen (secondary N) is 1. The van der Waals surface area contributed by atoms with Crippen molar-refractivity contribution in [3.05, 3.63) is 60.2 Å². The molecule has 2 aliphatic rings. The van der Waals surface area contributed by atoms with Crippen molar-refractivity contribution < 1.29 is 14.3 Å². The van der Waals surface area contributed by atoms with Gasteiger partial charge in [0.25, 0.3) is 0 Å². The van der Waals surface area contributed by atoms with Crippen molar-refractivity contribution in [2.75, 3.05) is 37.0 Å². The molecule has 0 bridgehead atoms. The average Bonchev–Trinajstić information content (AvgIpc) is 3.34. The van der Waals surface area contributed by atoms with Crippen LogP contribution >= 0.6 is 0 Å². The molecule has 0 radical (unpaired) electrons. The Labute approximate surface area is 190 Å². The third kappa shape index (κ3) is 5.49. The molecule has 0 spiro atoms. The Bertz CT molecular complexity index is 892. The summed E-state index contributed by atoms with van der Waals surface area (Å²) in [4.78, 5) is 29.1. The molecule has 0 unspecified atom stereocenters. The molecule has 32 heavy (non-hydrogen) atoms. The second-order valence-electron chi connectivity index (χ2n) is 8.72. The number of hydrogen-bond acceptors (Lipinski definition) is 5. The highest BCUT2D eigenvalue weighted by Crippen LogP contribution is 2.29. The van der Waals surface area contributed by atoms with Gasteiger partial charge in [0.05, 0.1) is 7.11 Å². The van der Waals surface area contributed by atoms with Crippen molar-refractivity contribution in [2.45, 2.75) is 50.6 Å². The van der Waals surface area contributed by atoms with E-state index in [0.717, 1.165) is 57.4 Å². The molecule has 2 saturated heterocycles. The lowest BCUT2D eigenvalue weighted by atomic mass is 10.0. The van der Waals surface area contributed by atoms with Crippen molar-refractivity contribution in [1.29, 1.82) is 0 Å². The van der Waals surface area contributed by atoms with Gasteiger partial charge in [0, 0.05) is 36.9 Å². The summed E-state index contributed by atoms with van der Waals surface area (Å²) in [6.07, 6.45) is 5.29. The van der Waals surface area contributed by atoms with Gasteiger partial charge >= 0.3 is 5.97 Å². The number of rotatable bonds is 7. The molecule has 2 aliphatic heterocycles. The van der Waals surface area contributed by atoms with Crippen LogP contribution in [-0.4, -0.2) is 55.6 Å². The summed E-state index contributed by atoms with van der Waals surface area (Å²) in [5.74, 6) is -0.0560. The lowest BCUT2D eigenvalue weighted by molar-refractivity contribution is -0.146. The van der Waals surface area contributed by atoms with E-state index in [2.05, 4.69) is 27.2 Å². The number of nitrogens with zero attached hydrogens (tertiary/aromatic N) is 2. The van der Waals surface area contributed by atoms with E-state index in [0.29, 0.717) is 12.5 Å². The molecular weight excluding hydrogens is 402 g/mol. The highest BCUT2D eigenvalue weighted by molar-refractivity contribution is 5.91. The zero-order valence-electron chi connectivity index (χ0n) is 18.8. The lowest BCUT2D eigenvalue weighted by Crippen LogP contribution is -2.49. The van der Waals surface area contributed by atoms with E-state index in [1.165, 1.54) is 18.4 Å². The van der Waals surface area contributed by atoms with Gasteiger partial charge in [0.15, 0.2) is 0 Å². The minimum absolute atomic E-state index is 0.0354. The SMILES string of the molecule is COC(=O)[C@@H]1CCCN1C1CCN(c2ccc(NC(=O)CCc3ccccc3)cc2)CC1. The van der Waals surface area contributed by atoms with E-state index in [1.54, 1.807) is 0 Å². The van der Waals surface area contributed by atoms with Crippen molar-refractivity contribution in [2.24, 2.45) is 0 Å². The second-order valence-corrected chi connectivity index (χ2v) is 8.72. The molecule has 2 aromatic carbocycles. The minimum Gasteiger partial charge on any atom is -0.468 e. The molecule has 0 aliphatic carbocycles. The number of carbonyl (C=O) groups is 2. The van der Waals surface area contributed by atoms with Gasteiger partial charge < -0.3 is 15.0 Å². The fourth-order valence-corrected chi connectivity index (χ4v) is 4.95. The van der Waals surface area contributed by atoms with E-state index >= 15 is 0 Å². The molecule has 2 heterocycles. The average molecular weight is 436 g/mol. The minimum atomic E-state index is -0.0914. The van der Waals surface area contributed by atoms with Gasteiger partial charge in [-0.05, 0) is 68.5 Å². The summed E-state index contributed by atoms with van der Waals surface area (Å²) >= 11 is 0. The van der Waals surface area contributed by atoms with E-state index in [9.17, 15) is 9.59 Å². The van der Waals surface area contributed by atoms with Crippen LogP contribution in [0.3, 0.4) is 0 Å². The van der Waals surface area contributed by atoms with Gasteiger partial charge in [0.1, 0.15) is 6.04 Å². The molecule has 6 nitrogen and oxygen atoms in total. The van der Waals surface area contributed by atoms with Crippen LogP contribution in [0.1, 0.15) is 37.7 Å². The van der Waals surface area contributed by atoms with Gasteiger partial charge in [-0.2, -0.15) is 0 Å². The predicted octanol–water partition coefficient (Wildman–Crippen LogP) is 3.86. The van der Waals surface area contributed by atoms with Crippen molar-refractivity contribution in [3.8, 4) is 0 Å². The van der Waals surface area contributed by atoms with Gasteiger partial charge in [-0.25, -0.2) is 0 Å². The van der Waals surface area contributed by atoms with Gasteiger partial charge in [-0.15, -0.1) is 0 Å². The number of aryl methyl sites for hydroxylation is 1. The van der Waals surface area contributed by atoms with Crippen LogP contribution in [-0.2, 0) is 20.7 Å². The molecule has 4 rings (SSSR count). The fraction of sp³-hybridized carbons (Fsp3) is 0.462. The number of anilines is 2. The summed E-state index contributed by atoms with van der Waals surface area (Å²) in [5.41, 5.74) is 3.18. The summed E-state index contributed by atoms with van der Waals surface area (Å²) in [6, 6.07) is 18.6. The third-order valence-corrected chi connectivity index (χ3v) is 6.70. The van der Waals surface area contributed by atoms with Crippen LogP contribution in [0, 0.1) is 0 Å². The lowest BCUT2D eigenvalue weighted by Gasteiger charge is -2.39. The summed E-state index contributed by atoms with van der Waals surface area (Å²) in [5, 5.41) is 3.00. The number of ether oxygens (including phenoxy) is 1. The normalized spacial score (nSPS) is 19.7. The number of likely N-dealkylation sites (tertiary alicyclic amines) is 1. The quantitative estimate of drug-likeness (QED) is 0.669. The maximum absolute atomic E-state index is 12.3. The predicted molar refractivity (Wildman–Crippen MR) is 127 cm³/mol. The standard InChI is InChI=1S/C26H33N3O3/c1-32-26(31)24-8-5-17-29(24)23-15-18-28(19-16-23)22-12-10-21(11-13-22)27-25(30)14-9-20-6-3-2-4-7-20/h2-4,6-7,10-13,23-24H,5,8-9,14-19H2,1H3,(H,27,30)/t24-/m0/s1. The smallest absolute Gasteiger partial charge is 0.323 e. The molecule has 170 valence electrons. The molecule has 1 atom stereocenters. The Kier molecular flexibility index (Phi) is 7.43. The molecule has 0 saturated carbocycles. The Morgan fingerprint density at radius 3 is 2.38 bits per heavy atom. The number of piperidine rings is 1. The first-order chi connectivity index (χ1) is 15.6. The third-order valence-electron chi connectivity index (χ3n) is 6.70. The molecule has 2 aromatic rings. The number of hydrogen-bond donors (Lipinski definition) is 1. The number of carbonyl (C=O) groups excluding carboxylic acids is 2. The summed E-state index contributed by atoms with van der Waals surface area (Å²) in [6.45, 7) is 2.93.